The predicted octanol–water partition coefficient (Wildman–Crippen LogP) is 7.03. The van der Waals surface area contributed by atoms with E-state index >= 15 is 0 Å². The van der Waals surface area contributed by atoms with Gasteiger partial charge >= 0.3 is 0 Å². The van der Waals surface area contributed by atoms with Crippen LogP contribution in [-0.2, 0) is 124 Å². The monoisotopic (exact) mass is 1830 g/mol. The summed E-state index contributed by atoms with van der Waals surface area (Å²) in [5, 5.41) is 145. The summed E-state index contributed by atoms with van der Waals surface area (Å²) in [6.07, 6.45) is -17.6. The van der Waals surface area contributed by atoms with Crippen LogP contribution in [0.2, 0.25) is 0 Å². The second kappa shape index (κ2) is 50.9. The van der Waals surface area contributed by atoms with Gasteiger partial charge in [-0.25, -0.2) is 0 Å². The largest absolute Gasteiger partial charge is 0.394 e. The lowest BCUT2D eigenvalue weighted by molar-refractivity contribution is -0.395. The van der Waals surface area contributed by atoms with Crippen molar-refractivity contribution in [2.45, 2.75) is 271 Å². The van der Waals surface area contributed by atoms with Gasteiger partial charge in [0, 0.05) is 0 Å². The molecular weight excluding hydrogens is 1690 g/mol. The third-order valence-corrected chi connectivity index (χ3v) is 23.8. The molecule has 5 aliphatic heterocycles. The fourth-order valence-electron chi connectivity index (χ4n) is 15.9. The summed E-state index contributed by atoms with van der Waals surface area (Å²) in [4.78, 5) is 0. The van der Waals surface area contributed by atoms with Crippen LogP contribution in [0.3, 0.4) is 0 Å². The molecule has 0 unspecified atom stereocenters. The van der Waals surface area contributed by atoms with E-state index in [9.17, 15) is 35.7 Å². The van der Waals surface area contributed by atoms with Crippen molar-refractivity contribution < 1.29 is 148 Å². The molecule has 0 bridgehead atoms. The Labute approximate surface area is 768 Å². The molecule has 0 radical (unpaired) electrons. The van der Waals surface area contributed by atoms with Gasteiger partial charge in [-0.1, -0.05) is 243 Å². The molecule has 30 heteroatoms. The first kappa shape index (κ1) is 107. The summed E-state index contributed by atoms with van der Waals surface area (Å²) in [7, 11) is 0. The first-order chi connectivity index (χ1) is 62.5. The molecule has 20 atom stereocenters. The maximum Gasteiger partial charge on any atom is 0.163 e. The van der Waals surface area contributed by atoms with Gasteiger partial charge in [-0.3, -0.25) is 0 Å². The van der Waals surface area contributed by atoms with E-state index in [1.54, 1.807) is 0 Å². The lowest BCUT2D eigenvalue weighted by Gasteiger charge is -2.62. The lowest BCUT2D eigenvalue weighted by atomic mass is 9.69. The molecule has 15 N–H and O–H groups in total. The second-order valence-electron chi connectivity index (χ2n) is 35.5. The summed E-state index contributed by atoms with van der Waals surface area (Å²) in [6, 6.07) is 78.9. The van der Waals surface area contributed by atoms with Crippen molar-refractivity contribution in [3.05, 3.63) is 287 Å². The molecule has 0 aromatic heterocycles. The zero-order valence-electron chi connectivity index (χ0n) is 76.5. The Morgan fingerprint density at radius 3 is 0.947 bits per heavy atom. The normalized spacial score (nSPS) is 25.1. The predicted molar refractivity (Wildman–Crippen MR) is 482 cm³/mol. The number of aliphatic hydroxyl groups excluding tert-OH is 12. The highest BCUT2D eigenvalue weighted by Gasteiger charge is 2.72. The van der Waals surface area contributed by atoms with Crippen molar-refractivity contribution in [3.8, 4) is 0 Å². The molecule has 0 amide bonds. The highest BCUT2D eigenvalue weighted by Crippen LogP contribution is 2.53. The van der Waals surface area contributed by atoms with E-state index in [1.807, 2.05) is 298 Å². The van der Waals surface area contributed by atoms with Crippen LogP contribution in [0.15, 0.2) is 243 Å². The first-order valence-corrected chi connectivity index (χ1v) is 44.3. The minimum Gasteiger partial charge on any atom is -0.394 e. The van der Waals surface area contributed by atoms with Gasteiger partial charge in [0.25, 0.3) is 0 Å². The van der Waals surface area contributed by atoms with Crippen LogP contribution in [0.25, 0.3) is 0 Å². The highest BCUT2D eigenvalue weighted by molar-refractivity contribution is 5.24. The SMILES string of the molecule is CC1(C)OC[C@H]([C@H]2OC(C)(C)[C@]2(O)[C@H]2COC(C)(C)O2)O1.CC1(C)O[C@H]([C@@H](COCc2ccccc2)OCc2ccccc2)[C@@]1(O)[C@@H](COCc1ccccc1)OCc1ccccc1.CC1(C)O[C@H]([C@H](O)CO)[C@@]1(O)[C@H](O)CO.OC[C@@H](O)[C@@H](O)[C@H](O)[C@H](O)CO.O[C@@H]([C@H](O)[C@@H](COCc1ccccc1)OCc1ccccc1)[C@@H](COCc1ccccc1)OCc1ccccc1. The van der Waals surface area contributed by atoms with Gasteiger partial charge in [-0.05, 0) is 114 Å². The molecular formula is C101H138O30. The Bertz CT molecular complexity index is 4330. The maximum absolute atomic E-state index is 12.6. The molecule has 0 saturated carbocycles. The van der Waals surface area contributed by atoms with E-state index in [1.165, 1.54) is 13.8 Å². The van der Waals surface area contributed by atoms with Crippen LogP contribution >= 0.6 is 0 Å². The molecule has 13 rings (SSSR count). The molecule has 5 saturated heterocycles. The maximum atomic E-state index is 12.6. The van der Waals surface area contributed by atoms with Crippen molar-refractivity contribution in [3.63, 3.8) is 0 Å². The number of ether oxygens (including phenoxy) is 15. The number of aliphatic hydroxyl groups is 15. The third kappa shape index (κ3) is 29.8. The van der Waals surface area contributed by atoms with Gasteiger partial charge in [-0.15, -0.1) is 0 Å². The molecule has 131 heavy (non-hydrogen) atoms. The Kier molecular flexibility index (Phi) is 41.7. The quantitative estimate of drug-likeness (QED) is 0.0182. The van der Waals surface area contributed by atoms with Crippen LogP contribution in [0.1, 0.15) is 114 Å². The first-order valence-electron chi connectivity index (χ1n) is 44.3. The van der Waals surface area contributed by atoms with Crippen LogP contribution < -0.4 is 0 Å². The van der Waals surface area contributed by atoms with E-state index in [-0.39, 0.29) is 45.7 Å². The third-order valence-electron chi connectivity index (χ3n) is 23.8. The molecule has 5 fully saturated rings. The smallest absolute Gasteiger partial charge is 0.163 e. The standard InChI is InChI=1S/C37H42O6.C34H38O6.C15H26O6.C9H18O6.C6H14O6/c1-36(2)37(38,34(42-26-32-21-13-6-14-22-32)28-40-24-30-17-9-4-10-18-30)35(43-36)33(41-25-31-19-11-5-12-20-31)27-39-23-29-15-7-3-8-16-29;35-33(31(39-23-29-17-9-3-10-18-29)25-37-21-27-13-5-1-6-14-27)34(36)32(40-24-30-19-11-4-12-20-30)26-38-22-28-15-7-2-8-16-28;1-12(2)15(16,10-8-18-14(5,6)20-10)11(21-12)9-7-17-13(3,4)19-9;1-8(2)9(14,6(13)4-11)7(15-8)5(12)3-10;7-1-3(9)5(11)6(12)4(10)2-8/h3-22,33-35,38H,23-28H2,1-2H3;1-20,31-36H,21-26H2;9-11,16H,7-8H2,1-6H3;5-7,10-14H,3-4H2,1-2H3;3-12H,1-2H2/t33-,34-,35-,37+;31-,32-,33-,34-;9-,10-,11-,15+;5-,6-,7-,9+;3-,4-,5-,6-/m11111/s1. The number of rotatable bonds is 44. The van der Waals surface area contributed by atoms with Crippen LogP contribution in [0.5, 0.6) is 0 Å². The van der Waals surface area contributed by atoms with Crippen molar-refractivity contribution >= 4 is 0 Å². The highest BCUT2D eigenvalue weighted by atomic mass is 16.8. The zero-order valence-corrected chi connectivity index (χ0v) is 76.5. The van der Waals surface area contributed by atoms with E-state index in [0.29, 0.717) is 52.9 Å². The lowest BCUT2D eigenvalue weighted by Crippen LogP contribution is -2.80. The Balaban J connectivity index is 0.000000200. The Morgan fingerprint density at radius 1 is 0.313 bits per heavy atom. The molecule has 722 valence electrons. The van der Waals surface area contributed by atoms with Gasteiger partial charge in [0.15, 0.2) is 11.6 Å². The van der Waals surface area contributed by atoms with Gasteiger partial charge in [0.05, 0.1) is 136 Å². The summed E-state index contributed by atoms with van der Waals surface area (Å²) in [5.41, 5.74) is 1.03. The van der Waals surface area contributed by atoms with Crippen LogP contribution in [-0.4, -0.2) is 292 Å². The fourth-order valence-corrected chi connectivity index (χ4v) is 15.9. The van der Waals surface area contributed by atoms with E-state index in [0.717, 1.165) is 44.5 Å². The summed E-state index contributed by atoms with van der Waals surface area (Å²) in [6.45, 7) is 19.4. The van der Waals surface area contributed by atoms with E-state index < -0.39 is 169 Å². The summed E-state index contributed by atoms with van der Waals surface area (Å²) in [5.74, 6) is -1.34. The molecule has 8 aromatic rings. The molecule has 5 heterocycles. The molecule has 5 aliphatic rings. The fraction of sp³-hybridized carbons (Fsp3) is 0.525. The van der Waals surface area contributed by atoms with Gasteiger partial charge in [0.1, 0.15) is 121 Å². The van der Waals surface area contributed by atoms with E-state index in [2.05, 4.69) is 0 Å². The second-order valence-corrected chi connectivity index (χ2v) is 35.5. The van der Waals surface area contributed by atoms with Crippen molar-refractivity contribution in [2.24, 2.45) is 0 Å². The average molecular weight is 1830 g/mol. The van der Waals surface area contributed by atoms with Gasteiger partial charge in [-0.2, -0.15) is 0 Å². The molecule has 8 aromatic carbocycles. The number of hydrogen-bond donors (Lipinski definition) is 15. The van der Waals surface area contributed by atoms with Crippen LogP contribution in [0, 0.1) is 0 Å². The Morgan fingerprint density at radius 2 is 0.634 bits per heavy atom. The van der Waals surface area contributed by atoms with Gasteiger partial charge in [0.2, 0.25) is 0 Å². The topological polar surface area (TPSA) is 442 Å². The summed E-state index contributed by atoms with van der Waals surface area (Å²) < 4.78 is 89.7. The summed E-state index contributed by atoms with van der Waals surface area (Å²) >= 11 is 0. The van der Waals surface area contributed by atoms with Gasteiger partial charge < -0.3 is 148 Å². The Hall–Kier alpha value is -7.44. The molecule has 0 spiro atoms. The zero-order chi connectivity index (χ0) is 95.1. The minimum atomic E-state index is -1.76. The van der Waals surface area contributed by atoms with Crippen LogP contribution in [0.4, 0.5) is 0 Å². The molecule has 0 aliphatic carbocycles. The van der Waals surface area contributed by atoms with Crippen molar-refractivity contribution in [2.75, 3.05) is 66.1 Å². The molecule has 30 nitrogen and oxygen atoms in total. The van der Waals surface area contributed by atoms with Crippen molar-refractivity contribution in [1.29, 1.82) is 0 Å². The minimum absolute atomic E-state index is 0.0935. The average Bonchev–Trinajstić information content (AvgIpc) is 1.60. The number of hydrogen-bond acceptors (Lipinski definition) is 30. The van der Waals surface area contributed by atoms with Crippen molar-refractivity contribution in [1.82, 2.24) is 0 Å². The van der Waals surface area contributed by atoms with E-state index in [4.69, 9.17) is 112 Å². The number of benzene rings is 8.